The first kappa shape index (κ1) is 18.5. The fraction of sp³-hybridized carbons (Fsp3) is 0.375. The van der Waals surface area contributed by atoms with Crippen LogP contribution in [0.4, 0.5) is 5.69 Å². The molecule has 0 unspecified atom stereocenters. The molecule has 1 aromatic carbocycles. The summed E-state index contributed by atoms with van der Waals surface area (Å²) in [5.41, 5.74) is 0.337. The van der Waals surface area contributed by atoms with Crippen molar-refractivity contribution in [1.82, 2.24) is 14.9 Å². The third-order valence-electron chi connectivity index (χ3n) is 3.93. The van der Waals surface area contributed by atoms with Crippen molar-refractivity contribution in [2.45, 2.75) is 19.1 Å². The Bertz CT molecular complexity index is 886. The minimum atomic E-state index is -3.57. The number of imidazole rings is 1. The summed E-state index contributed by atoms with van der Waals surface area (Å²) in [4.78, 5) is 16.4. The number of ether oxygens (including phenoxy) is 1. The van der Waals surface area contributed by atoms with Crippen molar-refractivity contribution in [2.75, 3.05) is 23.7 Å². The Morgan fingerprint density at radius 2 is 2.27 bits per heavy atom. The predicted molar refractivity (Wildman–Crippen MR) is 97.9 cm³/mol. The van der Waals surface area contributed by atoms with Gasteiger partial charge in [0.25, 0.3) is 5.91 Å². The first-order valence-electron chi connectivity index (χ1n) is 8.02. The summed E-state index contributed by atoms with van der Waals surface area (Å²) in [6, 6.07) is 4.66. The second-order valence-electron chi connectivity index (χ2n) is 5.96. The highest BCUT2D eigenvalue weighted by atomic mass is 35.5. The molecule has 0 saturated heterocycles. The molecule has 0 bridgehead atoms. The largest absolute Gasteiger partial charge is 0.476 e. The van der Waals surface area contributed by atoms with Crippen LogP contribution in [0.2, 0.25) is 5.02 Å². The smallest absolute Gasteiger partial charge is 0.263 e. The number of sulfonamides is 1. The van der Waals surface area contributed by atoms with Gasteiger partial charge < -0.3 is 14.6 Å². The van der Waals surface area contributed by atoms with E-state index in [1.54, 1.807) is 24.7 Å². The normalized spacial score (nSPS) is 16.7. The number of aryl methyl sites for hydroxylation is 1. The minimum absolute atomic E-state index is 0.0977. The Hall–Kier alpha value is -2.26. The van der Waals surface area contributed by atoms with E-state index >= 15 is 0 Å². The third kappa shape index (κ3) is 4.28. The number of anilines is 1. The van der Waals surface area contributed by atoms with E-state index in [-0.39, 0.29) is 12.5 Å². The molecule has 2 heterocycles. The van der Waals surface area contributed by atoms with Gasteiger partial charge in [0.1, 0.15) is 5.75 Å². The van der Waals surface area contributed by atoms with E-state index < -0.39 is 16.1 Å². The molecule has 140 valence electrons. The first-order chi connectivity index (χ1) is 12.3. The van der Waals surface area contributed by atoms with Crippen LogP contribution in [0, 0.1) is 0 Å². The van der Waals surface area contributed by atoms with E-state index in [2.05, 4.69) is 10.3 Å². The summed E-state index contributed by atoms with van der Waals surface area (Å²) in [5.74, 6) is -0.0467. The van der Waals surface area contributed by atoms with Crippen molar-refractivity contribution in [2.24, 2.45) is 0 Å². The Balaban J connectivity index is 1.65. The lowest BCUT2D eigenvalue weighted by Gasteiger charge is -2.34. The Morgan fingerprint density at radius 1 is 1.46 bits per heavy atom. The van der Waals surface area contributed by atoms with Gasteiger partial charge in [0, 0.05) is 30.5 Å². The van der Waals surface area contributed by atoms with E-state index in [1.165, 1.54) is 6.07 Å². The molecule has 0 fully saturated rings. The zero-order chi connectivity index (χ0) is 18.7. The number of aromatic nitrogens is 2. The quantitative estimate of drug-likeness (QED) is 0.739. The molecule has 0 spiro atoms. The molecule has 26 heavy (non-hydrogen) atoms. The van der Waals surface area contributed by atoms with Crippen molar-refractivity contribution in [3.63, 3.8) is 0 Å². The zero-order valence-corrected chi connectivity index (χ0v) is 15.7. The van der Waals surface area contributed by atoms with Crippen molar-refractivity contribution < 1.29 is 17.9 Å². The molecular weight excluding hydrogens is 380 g/mol. The summed E-state index contributed by atoms with van der Waals surface area (Å²) in [6.45, 7) is 1.07. The average molecular weight is 399 g/mol. The van der Waals surface area contributed by atoms with Crippen LogP contribution in [0.15, 0.2) is 36.9 Å². The molecule has 0 radical (unpaired) electrons. The van der Waals surface area contributed by atoms with Crippen LogP contribution >= 0.6 is 11.6 Å². The fourth-order valence-corrected chi connectivity index (χ4v) is 3.75. The van der Waals surface area contributed by atoms with Gasteiger partial charge in [0.05, 0.1) is 24.8 Å². The number of carbonyl (C=O) groups is 1. The number of fused-ring (bicyclic) bond motifs is 1. The number of hydrogen-bond donors (Lipinski definition) is 1. The molecule has 10 heteroatoms. The first-order valence-corrected chi connectivity index (χ1v) is 10.2. The molecule has 0 saturated carbocycles. The van der Waals surface area contributed by atoms with Gasteiger partial charge in [0.2, 0.25) is 10.0 Å². The Morgan fingerprint density at radius 3 is 2.96 bits per heavy atom. The van der Waals surface area contributed by atoms with Gasteiger partial charge in [-0.3, -0.25) is 9.10 Å². The van der Waals surface area contributed by atoms with Crippen LogP contribution in [0.3, 0.4) is 0 Å². The molecule has 1 aliphatic rings. The number of nitrogens with zero attached hydrogens (tertiary/aromatic N) is 3. The number of hydrogen-bond acceptors (Lipinski definition) is 5. The highest BCUT2D eigenvalue weighted by molar-refractivity contribution is 7.92. The molecule has 1 aromatic heterocycles. The number of nitrogens with one attached hydrogen (secondary N) is 1. The van der Waals surface area contributed by atoms with E-state index in [1.807, 2.05) is 10.8 Å². The highest BCUT2D eigenvalue weighted by Gasteiger charge is 2.35. The molecule has 1 atom stereocenters. The SMILES string of the molecule is CS(=O)(=O)N1C[C@@H](C(=O)NCCCn2ccnc2)Oc2ccc(Cl)cc21. The monoisotopic (exact) mass is 398 g/mol. The van der Waals surface area contributed by atoms with Crippen molar-refractivity contribution in [3.8, 4) is 5.75 Å². The summed E-state index contributed by atoms with van der Waals surface area (Å²) in [7, 11) is -3.57. The van der Waals surface area contributed by atoms with Crippen LogP contribution in [-0.2, 0) is 21.4 Å². The van der Waals surface area contributed by atoms with Gasteiger partial charge in [-0.05, 0) is 24.6 Å². The van der Waals surface area contributed by atoms with E-state index in [0.717, 1.165) is 23.5 Å². The molecular formula is C16H19ClN4O4S. The summed E-state index contributed by atoms with van der Waals surface area (Å²) >= 11 is 5.96. The number of amides is 1. The molecule has 1 amide bonds. The second kappa shape index (κ2) is 7.55. The maximum atomic E-state index is 12.4. The molecule has 3 rings (SSSR count). The topological polar surface area (TPSA) is 93.5 Å². The maximum absolute atomic E-state index is 12.4. The van der Waals surface area contributed by atoms with Crippen molar-refractivity contribution in [3.05, 3.63) is 41.9 Å². The number of rotatable bonds is 6. The lowest BCUT2D eigenvalue weighted by atomic mass is 10.2. The molecule has 8 nitrogen and oxygen atoms in total. The van der Waals surface area contributed by atoms with Crippen LogP contribution in [0.25, 0.3) is 0 Å². The molecule has 1 N–H and O–H groups in total. The zero-order valence-electron chi connectivity index (χ0n) is 14.1. The van der Waals surface area contributed by atoms with Gasteiger partial charge in [-0.1, -0.05) is 11.6 Å². The van der Waals surface area contributed by atoms with Gasteiger partial charge in [-0.25, -0.2) is 13.4 Å². The fourth-order valence-electron chi connectivity index (χ4n) is 2.68. The van der Waals surface area contributed by atoms with Crippen molar-refractivity contribution in [1.29, 1.82) is 0 Å². The average Bonchev–Trinajstić information content (AvgIpc) is 3.10. The number of carbonyl (C=O) groups excluding carboxylic acids is 1. The molecule has 0 aliphatic carbocycles. The standard InChI is InChI=1S/C16H19ClN4O4S/c1-26(23,24)21-10-15(25-14-4-3-12(17)9-13(14)21)16(22)19-5-2-7-20-8-6-18-11-20/h3-4,6,8-9,11,15H,2,5,7,10H2,1H3,(H,19,22)/t15-/m0/s1. The summed E-state index contributed by atoms with van der Waals surface area (Å²) in [6.07, 6.45) is 6.13. The minimum Gasteiger partial charge on any atom is -0.476 e. The van der Waals surface area contributed by atoms with Crippen LogP contribution < -0.4 is 14.4 Å². The van der Waals surface area contributed by atoms with E-state index in [0.29, 0.717) is 23.0 Å². The van der Waals surface area contributed by atoms with Gasteiger partial charge in [0.15, 0.2) is 6.10 Å². The Labute approximate surface area is 156 Å². The van der Waals surface area contributed by atoms with E-state index in [4.69, 9.17) is 16.3 Å². The lowest BCUT2D eigenvalue weighted by molar-refractivity contribution is -0.127. The lowest BCUT2D eigenvalue weighted by Crippen LogP contribution is -2.50. The Kier molecular flexibility index (Phi) is 5.38. The van der Waals surface area contributed by atoms with Crippen LogP contribution in [-0.4, -0.2) is 49.3 Å². The summed E-state index contributed by atoms with van der Waals surface area (Å²) in [5, 5.41) is 3.18. The van der Waals surface area contributed by atoms with Gasteiger partial charge >= 0.3 is 0 Å². The van der Waals surface area contributed by atoms with Gasteiger partial charge in [-0.2, -0.15) is 0 Å². The second-order valence-corrected chi connectivity index (χ2v) is 8.30. The van der Waals surface area contributed by atoms with Gasteiger partial charge in [-0.15, -0.1) is 0 Å². The highest BCUT2D eigenvalue weighted by Crippen LogP contribution is 2.37. The number of benzene rings is 1. The third-order valence-corrected chi connectivity index (χ3v) is 5.32. The molecule has 2 aromatic rings. The van der Waals surface area contributed by atoms with E-state index in [9.17, 15) is 13.2 Å². The van der Waals surface area contributed by atoms with Crippen LogP contribution in [0.1, 0.15) is 6.42 Å². The van der Waals surface area contributed by atoms with Crippen LogP contribution in [0.5, 0.6) is 5.75 Å². The number of halogens is 1. The maximum Gasteiger partial charge on any atom is 0.263 e. The predicted octanol–water partition coefficient (Wildman–Crippen LogP) is 1.27. The molecule has 1 aliphatic heterocycles. The van der Waals surface area contributed by atoms with Crippen molar-refractivity contribution >= 4 is 33.2 Å². The summed E-state index contributed by atoms with van der Waals surface area (Å²) < 4.78 is 33.0.